The van der Waals surface area contributed by atoms with Gasteiger partial charge in [0, 0.05) is 18.4 Å². The van der Waals surface area contributed by atoms with Gasteiger partial charge < -0.3 is 25.2 Å². The SMILES string of the molecule is CCc1c2c(nc3ccc(O)cc13)C1(C)CC3=C(COC(=O)C3(CC)OC(=O)C(N)C(C)C)C(=O)N1C2. The number of aromatic nitrogens is 1. The van der Waals surface area contributed by atoms with Crippen LogP contribution in [0.4, 0.5) is 0 Å². The topological polar surface area (TPSA) is 132 Å². The molecule has 0 spiro atoms. The molecule has 9 heteroatoms. The fraction of sp³-hybridized carbons (Fsp3) is 0.500. The number of rotatable bonds is 5. The number of phenolic OH excluding ortho intramolecular Hbond substituents is 1. The zero-order valence-corrected chi connectivity index (χ0v) is 21.9. The second-order valence-corrected chi connectivity index (χ2v) is 10.7. The van der Waals surface area contributed by atoms with Crippen molar-refractivity contribution in [3.8, 4) is 5.75 Å². The van der Waals surface area contributed by atoms with Crippen LogP contribution in [-0.4, -0.2) is 51.1 Å². The summed E-state index contributed by atoms with van der Waals surface area (Å²) in [6.45, 7) is 9.50. The van der Waals surface area contributed by atoms with E-state index in [0.29, 0.717) is 24.1 Å². The van der Waals surface area contributed by atoms with Gasteiger partial charge in [-0.05, 0) is 60.6 Å². The lowest BCUT2D eigenvalue weighted by molar-refractivity contribution is -0.183. The summed E-state index contributed by atoms with van der Waals surface area (Å²) in [5.74, 6) is -1.68. The molecule has 0 aliphatic carbocycles. The standard InChI is InChI=1S/C28H33N3O6/c1-6-16-17-10-15(32)8-9-21(17)30-23-18(16)12-31-24(33)19-13-36-26(35)28(7-2,20(19)11-27(23,31)5)37-25(34)22(29)14(3)4/h8-10,14,22,32H,6-7,11-13,29H2,1-5H3. The largest absolute Gasteiger partial charge is 0.508 e. The van der Waals surface area contributed by atoms with Crippen molar-refractivity contribution in [2.45, 2.75) is 77.6 Å². The van der Waals surface area contributed by atoms with Gasteiger partial charge in [0.2, 0.25) is 5.60 Å². The molecule has 4 heterocycles. The van der Waals surface area contributed by atoms with Crippen molar-refractivity contribution in [3.05, 3.63) is 46.2 Å². The van der Waals surface area contributed by atoms with Crippen molar-refractivity contribution < 1.29 is 29.0 Å². The summed E-state index contributed by atoms with van der Waals surface area (Å²) < 4.78 is 11.3. The molecule has 2 aromatic rings. The van der Waals surface area contributed by atoms with Crippen LogP contribution in [0.1, 0.15) is 64.3 Å². The van der Waals surface area contributed by atoms with E-state index in [-0.39, 0.29) is 37.0 Å². The normalized spacial score (nSPS) is 25.6. The number of carbonyl (C=O) groups excluding carboxylic acids is 3. The Balaban J connectivity index is 1.66. The summed E-state index contributed by atoms with van der Waals surface area (Å²) in [6, 6.07) is 4.16. The highest BCUT2D eigenvalue weighted by Crippen LogP contribution is 2.52. The molecule has 0 saturated carbocycles. The molecule has 37 heavy (non-hydrogen) atoms. The van der Waals surface area contributed by atoms with E-state index in [1.165, 1.54) is 0 Å². The molecule has 9 nitrogen and oxygen atoms in total. The second-order valence-electron chi connectivity index (χ2n) is 10.7. The van der Waals surface area contributed by atoms with Crippen LogP contribution in [0.5, 0.6) is 5.75 Å². The quantitative estimate of drug-likeness (QED) is 0.591. The number of esters is 2. The fourth-order valence-corrected chi connectivity index (χ4v) is 6.01. The summed E-state index contributed by atoms with van der Waals surface area (Å²) in [7, 11) is 0. The number of fused-ring (bicyclic) bond motifs is 4. The Bertz CT molecular complexity index is 1380. The zero-order chi connectivity index (χ0) is 26.9. The Labute approximate surface area is 215 Å². The van der Waals surface area contributed by atoms with Gasteiger partial charge >= 0.3 is 11.9 Å². The van der Waals surface area contributed by atoms with Crippen molar-refractivity contribution in [1.29, 1.82) is 0 Å². The number of ether oxygens (including phenoxy) is 2. The number of phenols is 1. The van der Waals surface area contributed by atoms with Gasteiger partial charge in [0.15, 0.2) is 0 Å². The van der Waals surface area contributed by atoms with E-state index in [1.807, 2.05) is 13.8 Å². The average molecular weight is 508 g/mol. The van der Waals surface area contributed by atoms with Crippen molar-refractivity contribution >= 4 is 28.7 Å². The van der Waals surface area contributed by atoms with Crippen molar-refractivity contribution in [1.82, 2.24) is 9.88 Å². The van der Waals surface area contributed by atoms with Gasteiger partial charge in [-0.15, -0.1) is 0 Å². The Morgan fingerprint density at radius 3 is 2.68 bits per heavy atom. The minimum absolute atomic E-state index is 0.113. The summed E-state index contributed by atoms with van der Waals surface area (Å²) in [4.78, 5) is 46.9. The molecular formula is C28H33N3O6. The molecule has 1 aromatic carbocycles. The highest BCUT2D eigenvalue weighted by molar-refractivity contribution is 6.02. The average Bonchev–Trinajstić information content (AvgIpc) is 3.16. The summed E-state index contributed by atoms with van der Waals surface area (Å²) in [6.07, 6.45) is 1.08. The number of hydrogen-bond acceptors (Lipinski definition) is 8. The third kappa shape index (κ3) is 3.47. The molecule has 1 aromatic heterocycles. The lowest BCUT2D eigenvalue weighted by Crippen LogP contribution is -2.58. The highest BCUT2D eigenvalue weighted by Gasteiger charge is 2.59. The molecule has 0 saturated heterocycles. The molecule has 0 bridgehead atoms. The number of hydrogen-bond donors (Lipinski definition) is 2. The van der Waals surface area contributed by atoms with E-state index >= 15 is 0 Å². The molecule has 3 aliphatic rings. The second kappa shape index (κ2) is 8.55. The van der Waals surface area contributed by atoms with Crippen LogP contribution in [-0.2, 0) is 42.4 Å². The zero-order valence-electron chi connectivity index (χ0n) is 21.9. The van der Waals surface area contributed by atoms with E-state index in [0.717, 1.165) is 27.7 Å². The third-order valence-electron chi connectivity index (χ3n) is 8.28. The molecule has 1 amide bonds. The molecule has 5 rings (SSSR count). The highest BCUT2D eigenvalue weighted by atomic mass is 16.6. The van der Waals surface area contributed by atoms with Gasteiger partial charge in [0.1, 0.15) is 18.4 Å². The number of pyridine rings is 1. The van der Waals surface area contributed by atoms with Crippen LogP contribution in [0.15, 0.2) is 29.3 Å². The van der Waals surface area contributed by atoms with Crippen LogP contribution < -0.4 is 5.73 Å². The predicted molar refractivity (Wildman–Crippen MR) is 135 cm³/mol. The van der Waals surface area contributed by atoms with Crippen LogP contribution in [0.3, 0.4) is 0 Å². The maximum absolute atomic E-state index is 13.9. The lowest BCUT2D eigenvalue weighted by atomic mass is 9.73. The van der Waals surface area contributed by atoms with Crippen molar-refractivity contribution in [3.63, 3.8) is 0 Å². The van der Waals surface area contributed by atoms with Crippen LogP contribution in [0.25, 0.3) is 10.9 Å². The first-order chi connectivity index (χ1) is 17.5. The van der Waals surface area contributed by atoms with E-state index in [1.54, 1.807) is 43.9 Å². The minimum atomic E-state index is -1.72. The number of nitrogens with zero attached hydrogens (tertiary/aromatic N) is 2. The number of amides is 1. The van der Waals surface area contributed by atoms with Gasteiger partial charge in [-0.3, -0.25) is 9.59 Å². The van der Waals surface area contributed by atoms with Gasteiger partial charge in [-0.25, -0.2) is 9.78 Å². The monoisotopic (exact) mass is 507 g/mol. The summed E-state index contributed by atoms with van der Waals surface area (Å²) >= 11 is 0. The molecule has 0 radical (unpaired) electrons. The molecule has 3 unspecified atom stereocenters. The van der Waals surface area contributed by atoms with E-state index in [9.17, 15) is 19.5 Å². The molecular weight excluding hydrogens is 474 g/mol. The predicted octanol–water partition coefficient (Wildman–Crippen LogP) is 2.99. The van der Waals surface area contributed by atoms with Gasteiger partial charge in [0.05, 0.1) is 22.3 Å². The minimum Gasteiger partial charge on any atom is -0.508 e. The molecule has 3 aliphatic heterocycles. The first-order valence-corrected chi connectivity index (χ1v) is 12.8. The van der Waals surface area contributed by atoms with Crippen LogP contribution >= 0.6 is 0 Å². The van der Waals surface area contributed by atoms with E-state index in [2.05, 4.69) is 0 Å². The Morgan fingerprint density at radius 2 is 2.03 bits per heavy atom. The van der Waals surface area contributed by atoms with Crippen LogP contribution in [0, 0.1) is 5.92 Å². The maximum Gasteiger partial charge on any atom is 0.355 e. The smallest absolute Gasteiger partial charge is 0.355 e. The lowest BCUT2D eigenvalue weighted by Gasteiger charge is -2.47. The summed E-state index contributed by atoms with van der Waals surface area (Å²) in [5, 5.41) is 11.0. The Hall–Kier alpha value is -3.46. The van der Waals surface area contributed by atoms with Crippen molar-refractivity contribution in [2.75, 3.05) is 6.61 Å². The Kier molecular flexibility index (Phi) is 5.82. The van der Waals surface area contributed by atoms with Crippen molar-refractivity contribution in [2.24, 2.45) is 11.7 Å². The first-order valence-electron chi connectivity index (χ1n) is 12.8. The van der Waals surface area contributed by atoms with Gasteiger partial charge in [-0.2, -0.15) is 0 Å². The molecule has 3 N–H and O–H groups in total. The Morgan fingerprint density at radius 1 is 1.30 bits per heavy atom. The number of carbonyl (C=O) groups is 3. The summed E-state index contributed by atoms with van der Waals surface area (Å²) in [5.41, 5.74) is 7.76. The van der Waals surface area contributed by atoms with Gasteiger partial charge in [-0.1, -0.05) is 27.7 Å². The first kappa shape index (κ1) is 25.2. The van der Waals surface area contributed by atoms with E-state index < -0.39 is 29.1 Å². The number of aromatic hydroxyl groups is 1. The van der Waals surface area contributed by atoms with E-state index in [4.69, 9.17) is 20.2 Å². The molecule has 0 fully saturated rings. The third-order valence-corrected chi connectivity index (χ3v) is 8.28. The molecule has 196 valence electrons. The molecule has 3 atom stereocenters. The maximum atomic E-state index is 13.9. The fourth-order valence-electron chi connectivity index (χ4n) is 6.01. The van der Waals surface area contributed by atoms with Gasteiger partial charge in [0.25, 0.3) is 5.91 Å². The van der Waals surface area contributed by atoms with Crippen LogP contribution in [0.2, 0.25) is 0 Å². The number of benzene rings is 1. The number of nitrogens with two attached hydrogens (primary N) is 1. The number of aryl methyl sites for hydroxylation is 1. The number of cyclic esters (lactones) is 1.